The largest absolute Gasteiger partial charge is 0.486 e. The van der Waals surface area contributed by atoms with Gasteiger partial charge in [-0.15, -0.1) is 0 Å². The molecule has 0 amide bonds. The second-order valence-electron chi connectivity index (χ2n) is 4.40. The Balaban J connectivity index is 2.42. The zero-order valence-electron chi connectivity index (χ0n) is 10.3. The molecular formula is C13H17F2NO2. The van der Waals surface area contributed by atoms with Gasteiger partial charge in [0.15, 0.2) is 11.5 Å². The van der Waals surface area contributed by atoms with Crippen LogP contribution in [0.1, 0.15) is 36.8 Å². The molecule has 3 nitrogen and oxygen atoms in total. The quantitative estimate of drug-likeness (QED) is 0.902. The highest BCUT2D eigenvalue weighted by atomic mass is 19.3. The lowest BCUT2D eigenvalue weighted by Crippen LogP contribution is -2.17. The number of hydrogen-bond donors (Lipinski definition) is 1. The molecule has 0 spiro atoms. The van der Waals surface area contributed by atoms with Crippen molar-refractivity contribution in [2.24, 2.45) is 5.73 Å². The Morgan fingerprint density at radius 3 is 2.22 bits per heavy atom. The Morgan fingerprint density at radius 1 is 1.17 bits per heavy atom. The van der Waals surface area contributed by atoms with Gasteiger partial charge in [0.25, 0.3) is 6.43 Å². The van der Waals surface area contributed by atoms with Gasteiger partial charge >= 0.3 is 0 Å². The fourth-order valence-corrected chi connectivity index (χ4v) is 2.14. The Hall–Kier alpha value is -1.36. The smallest absolute Gasteiger partial charge is 0.264 e. The second kappa shape index (κ2) is 5.52. The van der Waals surface area contributed by atoms with E-state index >= 15 is 0 Å². The lowest BCUT2D eigenvalue weighted by atomic mass is 9.92. The van der Waals surface area contributed by atoms with Crippen LogP contribution in [0.3, 0.4) is 0 Å². The summed E-state index contributed by atoms with van der Waals surface area (Å²) < 4.78 is 36.9. The van der Waals surface area contributed by atoms with E-state index in [-0.39, 0.29) is 11.5 Å². The van der Waals surface area contributed by atoms with E-state index in [2.05, 4.69) is 0 Å². The summed E-state index contributed by atoms with van der Waals surface area (Å²) in [5.41, 5.74) is 6.10. The molecule has 0 fully saturated rings. The summed E-state index contributed by atoms with van der Waals surface area (Å²) in [6, 6.07) is 3.05. The number of benzene rings is 1. The van der Waals surface area contributed by atoms with Crippen molar-refractivity contribution in [3.63, 3.8) is 0 Å². The molecule has 1 heterocycles. The van der Waals surface area contributed by atoms with Crippen molar-refractivity contribution in [3.8, 4) is 11.5 Å². The first-order chi connectivity index (χ1) is 8.63. The molecule has 1 aromatic carbocycles. The molecule has 1 unspecified atom stereocenters. The van der Waals surface area contributed by atoms with Crippen LogP contribution >= 0.6 is 0 Å². The average Bonchev–Trinajstić information content (AvgIpc) is 2.37. The highest BCUT2D eigenvalue weighted by Gasteiger charge is 2.23. The van der Waals surface area contributed by atoms with Crippen molar-refractivity contribution in [3.05, 3.63) is 23.3 Å². The molecule has 1 aromatic rings. The number of nitrogens with two attached hydrogens (primary N) is 1. The molecule has 1 aliphatic heterocycles. The lowest BCUT2D eigenvalue weighted by molar-refractivity contribution is 0.145. The molecule has 0 aliphatic carbocycles. The summed E-state index contributed by atoms with van der Waals surface area (Å²) in [6.45, 7) is 3.21. The fraction of sp³-hybridized carbons (Fsp3) is 0.538. The maximum absolute atomic E-state index is 13.1. The Morgan fingerprint density at radius 2 is 1.72 bits per heavy atom. The minimum absolute atomic E-state index is 0.0141. The van der Waals surface area contributed by atoms with Crippen molar-refractivity contribution in [1.29, 1.82) is 0 Å². The van der Waals surface area contributed by atoms with Crippen LogP contribution in [0.25, 0.3) is 0 Å². The van der Waals surface area contributed by atoms with Gasteiger partial charge in [-0.3, -0.25) is 0 Å². The van der Waals surface area contributed by atoms with Gasteiger partial charge in [-0.05, 0) is 36.6 Å². The van der Waals surface area contributed by atoms with Crippen LogP contribution in [0.4, 0.5) is 8.78 Å². The van der Waals surface area contributed by atoms with E-state index in [1.54, 1.807) is 6.07 Å². The number of fused-ring (bicyclic) bond motifs is 1. The van der Waals surface area contributed by atoms with Gasteiger partial charge in [0.05, 0.1) is 0 Å². The molecule has 0 saturated heterocycles. The summed E-state index contributed by atoms with van der Waals surface area (Å²) in [5.74, 6) is 0.930. The first-order valence-electron chi connectivity index (χ1n) is 6.05. The highest BCUT2D eigenvalue weighted by Crippen LogP contribution is 2.40. The topological polar surface area (TPSA) is 44.5 Å². The Labute approximate surface area is 105 Å². The van der Waals surface area contributed by atoms with Gasteiger partial charge in [-0.2, -0.15) is 0 Å². The number of hydrogen-bond acceptors (Lipinski definition) is 3. The highest BCUT2D eigenvalue weighted by molar-refractivity contribution is 5.49. The van der Waals surface area contributed by atoms with Gasteiger partial charge in [0.2, 0.25) is 0 Å². The molecule has 18 heavy (non-hydrogen) atoms. The van der Waals surface area contributed by atoms with Gasteiger partial charge in [-0.1, -0.05) is 6.92 Å². The first-order valence-corrected chi connectivity index (χ1v) is 6.05. The van der Waals surface area contributed by atoms with Crippen LogP contribution < -0.4 is 15.2 Å². The van der Waals surface area contributed by atoms with Gasteiger partial charge in [-0.25, -0.2) is 8.78 Å². The van der Waals surface area contributed by atoms with Gasteiger partial charge < -0.3 is 15.2 Å². The second-order valence-corrected chi connectivity index (χ2v) is 4.40. The van der Waals surface area contributed by atoms with Crippen LogP contribution in [0.2, 0.25) is 0 Å². The van der Waals surface area contributed by atoms with Crippen molar-refractivity contribution >= 4 is 0 Å². The molecule has 0 radical (unpaired) electrons. The van der Waals surface area contributed by atoms with Crippen LogP contribution in [0.5, 0.6) is 11.5 Å². The zero-order valence-corrected chi connectivity index (χ0v) is 10.3. The van der Waals surface area contributed by atoms with E-state index in [1.165, 1.54) is 6.07 Å². The van der Waals surface area contributed by atoms with Crippen molar-refractivity contribution in [2.75, 3.05) is 19.8 Å². The minimum atomic E-state index is -2.52. The molecule has 0 aromatic heterocycles. The van der Waals surface area contributed by atoms with Crippen molar-refractivity contribution in [1.82, 2.24) is 0 Å². The van der Waals surface area contributed by atoms with Crippen LogP contribution in [-0.2, 0) is 0 Å². The Bertz CT molecular complexity index is 424. The molecule has 1 aliphatic rings. The van der Waals surface area contributed by atoms with Crippen LogP contribution in [0, 0.1) is 0 Å². The molecule has 2 N–H and O–H groups in total. The molecule has 1 atom stereocenters. The summed E-state index contributed by atoms with van der Waals surface area (Å²) in [7, 11) is 0. The molecule has 0 saturated carbocycles. The first kappa shape index (κ1) is 13.1. The van der Waals surface area contributed by atoms with Crippen molar-refractivity contribution in [2.45, 2.75) is 25.7 Å². The lowest BCUT2D eigenvalue weighted by Gasteiger charge is -2.23. The third kappa shape index (κ3) is 2.56. The van der Waals surface area contributed by atoms with Crippen molar-refractivity contribution < 1.29 is 18.3 Å². The molecule has 100 valence electrons. The van der Waals surface area contributed by atoms with E-state index in [1.807, 2.05) is 6.92 Å². The molecule has 2 rings (SSSR count). The molecule has 0 bridgehead atoms. The molecule has 5 heteroatoms. The number of rotatable bonds is 4. The summed E-state index contributed by atoms with van der Waals surface area (Å²) in [4.78, 5) is 0. The van der Waals surface area contributed by atoms with E-state index in [0.717, 1.165) is 0 Å². The number of halogens is 2. The fourth-order valence-electron chi connectivity index (χ4n) is 2.14. The van der Waals surface area contributed by atoms with E-state index < -0.39 is 6.43 Å². The predicted molar refractivity (Wildman–Crippen MR) is 64.5 cm³/mol. The summed E-state index contributed by atoms with van der Waals surface area (Å²) in [6.07, 6.45) is -1.85. The number of ether oxygens (including phenoxy) is 2. The monoisotopic (exact) mass is 257 g/mol. The third-order valence-electron chi connectivity index (χ3n) is 3.11. The standard InChI is InChI=1S/C13H17F2NO2/c1-8(2-3-16)9-6-11-12(18-5-4-17-11)7-10(9)13(14)15/h6-8,13H,2-5,16H2,1H3. The van der Waals surface area contributed by atoms with E-state index in [4.69, 9.17) is 15.2 Å². The van der Waals surface area contributed by atoms with E-state index in [0.29, 0.717) is 43.2 Å². The Kier molecular flexibility index (Phi) is 4.01. The summed E-state index contributed by atoms with van der Waals surface area (Å²) in [5, 5.41) is 0. The van der Waals surface area contributed by atoms with E-state index in [9.17, 15) is 8.78 Å². The number of alkyl halides is 2. The maximum Gasteiger partial charge on any atom is 0.264 e. The predicted octanol–water partition coefficient (Wildman–Crippen LogP) is 2.85. The normalized spacial score (nSPS) is 15.8. The van der Waals surface area contributed by atoms with Gasteiger partial charge in [0, 0.05) is 5.56 Å². The van der Waals surface area contributed by atoms with Crippen LogP contribution in [-0.4, -0.2) is 19.8 Å². The molecular weight excluding hydrogens is 240 g/mol. The zero-order chi connectivity index (χ0) is 13.1. The minimum Gasteiger partial charge on any atom is -0.486 e. The maximum atomic E-state index is 13.1. The average molecular weight is 257 g/mol. The SMILES string of the molecule is CC(CCN)c1cc2c(cc1C(F)F)OCCO2. The van der Waals surface area contributed by atoms with Gasteiger partial charge in [0.1, 0.15) is 13.2 Å². The third-order valence-corrected chi connectivity index (χ3v) is 3.11. The summed E-state index contributed by atoms with van der Waals surface area (Å²) >= 11 is 0. The van der Waals surface area contributed by atoms with Crippen LogP contribution in [0.15, 0.2) is 12.1 Å².